The number of fused-ring (bicyclic) bond motifs is 1. The van der Waals surface area contributed by atoms with Crippen molar-refractivity contribution >= 4 is 11.6 Å². The molecule has 2 N–H and O–H groups in total. The summed E-state index contributed by atoms with van der Waals surface area (Å²) in [5, 5.41) is 5.53. The van der Waals surface area contributed by atoms with Crippen LogP contribution in [0.1, 0.15) is 33.1 Å². The van der Waals surface area contributed by atoms with Gasteiger partial charge in [0.2, 0.25) is 5.91 Å². The summed E-state index contributed by atoms with van der Waals surface area (Å²) in [6.07, 6.45) is 3.64. The Labute approximate surface area is 133 Å². The molecule has 1 unspecified atom stereocenters. The van der Waals surface area contributed by atoms with Crippen LogP contribution < -0.4 is 10.6 Å². The smallest absolute Gasteiger partial charge is 0.238 e. The molecule has 0 spiro atoms. The van der Waals surface area contributed by atoms with Crippen molar-refractivity contribution in [3.63, 3.8) is 0 Å². The van der Waals surface area contributed by atoms with Gasteiger partial charge in [0.1, 0.15) is 0 Å². The molecule has 2 saturated carbocycles. The molecule has 0 saturated heterocycles. The van der Waals surface area contributed by atoms with Crippen LogP contribution in [0.3, 0.4) is 0 Å². The minimum atomic E-state index is -1.58. The fourth-order valence-corrected chi connectivity index (χ4v) is 4.41. The third kappa shape index (κ3) is 2.73. The van der Waals surface area contributed by atoms with Crippen molar-refractivity contribution in [3.05, 3.63) is 29.6 Å². The summed E-state index contributed by atoms with van der Waals surface area (Å²) < 4.78 is 39.6. The van der Waals surface area contributed by atoms with E-state index in [-0.39, 0.29) is 23.7 Å². The quantitative estimate of drug-likeness (QED) is 0.832. The number of benzene rings is 1. The standard InChI is InChI=1S/C17H21F3N2O/c1-17(2)10-5-3-4-9(10)16(17)21-8-13(23)22-12-7-6-11(18)14(19)15(12)20/h6-7,9-10,16,21H,3-5,8H2,1-2H3,(H,22,23)/t9-,10+,16?/m1/s1. The maximum atomic E-state index is 13.5. The van der Waals surface area contributed by atoms with E-state index in [1.807, 2.05) is 0 Å². The molecule has 3 rings (SSSR count). The van der Waals surface area contributed by atoms with Gasteiger partial charge in [0.15, 0.2) is 17.5 Å². The SMILES string of the molecule is CC1(C)C(NCC(=O)Nc2ccc(F)c(F)c2F)[C@@H]2CCC[C@@H]21. The first-order valence-electron chi connectivity index (χ1n) is 7.99. The van der Waals surface area contributed by atoms with Gasteiger partial charge < -0.3 is 10.6 Å². The molecule has 126 valence electrons. The van der Waals surface area contributed by atoms with Crippen molar-refractivity contribution in [2.24, 2.45) is 17.3 Å². The van der Waals surface area contributed by atoms with E-state index < -0.39 is 23.4 Å². The molecular weight excluding hydrogens is 305 g/mol. The molecule has 0 aromatic heterocycles. The molecule has 2 fully saturated rings. The van der Waals surface area contributed by atoms with Crippen LogP contribution in [-0.4, -0.2) is 18.5 Å². The lowest BCUT2D eigenvalue weighted by Gasteiger charge is -2.56. The Morgan fingerprint density at radius 2 is 1.96 bits per heavy atom. The molecule has 23 heavy (non-hydrogen) atoms. The summed E-state index contributed by atoms with van der Waals surface area (Å²) >= 11 is 0. The van der Waals surface area contributed by atoms with Gasteiger partial charge in [-0.15, -0.1) is 0 Å². The van der Waals surface area contributed by atoms with Gasteiger partial charge in [0.25, 0.3) is 0 Å². The average Bonchev–Trinajstić information content (AvgIpc) is 2.95. The number of anilines is 1. The van der Waals surface area contributed by atoms with Crippen molar-refractivity contribution in [2.75, 3.05) is 11.9 Å². The normalized spacial score (nSPS) is 28.1. The van der Waals surface area contributed by atoms with E-state index in [1.165, 1.54) is 19.3 Å². The lowest BCUT2D eigenvalue weighted by molar-refractivity contribution is -0.117. The largest absolute Gasteiger partial charge is 0.322 e. The number of hydrogen-bond acceptors (Lipinski definition) is 2. The van der Waals surface area contributed by atoms with Crippen molar-refractivity contribution in [1.29, 1.82) is 0 Å². The van der Waals surface area contributed by atoms with Crippen molar-refractivity contribution < 1.29 is 18.0 Å². The van der Waals surface area contributed by atoms with Crippen LogP contribution in [-0.2, 0) is 4.79 Å². The second-order valence-corrected chi connectivity index (χ2v) is 7.15. The Balaban J connectivity index is 1.57. The summed E-state index contributed by atoms with van der Waals surface area (Å²) in [4.78, 5) is 12.0. The number of nitrogens with one attached hydrogen (secondary N) is 2. The van der Waals surface area contributed by atoms with Crippen LogP contribution in [0.15, 0.2) is 12.1 Å². The van der Waals surface area contributed by atoms with E-state index in [0.717, 1.165) is 12.1 Å². The molecule has 1 aromatic carbocycles. The Morgan fingerprint density at radius 1 is 1.22 bits per heavy atom. The zero-order chi connectivity index (χ0) is 16.8. The lowest BCUT2D eigenvalue weighted by atomic mass is 9.53. The molecule has 2 aliphatic carbocycles. The molecule has 2 aliphatic rings. The highest BCUT2D eigenvalue weighted by Crippen LogP contribution is 2.58. The van der Waals surface area contributed by atoms with Gasteiger partial charge in [-0.25, -0.2) is 13.2 Å². The fourth-order valence-electron chi connectivity index (χ4n) is 4.41. The molecule has 3 nitrogen and oxygen atoms in total. The van der Waals surface area contributed by atoms with Crippen molar-refractivity contribution in [1.82, 2.24) is 5.32 Å². The first-order chi connectivity index (χ1) is 10.8. The number of halogens is 3. The van der Waals surface area contributed by atoms with Gasteiger partial charge in [-0.05, 0) is 42.2 Å². The number of hydrogen-bond donors (Lipinski definition) is 2. The average molecular weight is 326 g/mol. The molecule has 1 amide bonds. The zero-order valence-electron chi connectivity index (χ0n) is 13.3. The highest BCUT2D eigenvalue weighted by molar-refractivity contribution is 5.92. The topological polar surface area (TPSA) is 41.1 Å². The predicted octanol–water partition coefficient (Wildman–Crippen LogP) is 3.46. The predicted molar refractivity (Wildman–Crippen MR) is 81.3 cm³/mol. The summed E-state index contributed by atoms with van der Waals surface area (Å²) in [7, 11) is 0. The van der Waals surface area contributed by atoms with Crippen LogP contribution in [0.2, 0.25) is 0 Å². The highest BCUT2D eigenvalue weighted by Gasteiger charge is 2.57. The van der Waals surface area contributed by atoms with Gasteiger partial charge in [0.05, 0.1) is 12.2 Å². The van der Waals surface area contributed by atoms with Gasteiger partial charge >= 0.3 is 0 Å². The van der Waals surface area contributed by atoms with E-state index in [4.69, 9.17) is 0 Å². The number of carbonyl (C=O) groups excluding carboxylic acids is 1. The van der Waals surface area contributed by atoms with Gasteiger partial charge in [0, 0.05) is 6.04 Å². The summed E-state index contributed by atoms with van der Waals surface area (Å²) in [6, 6.07) is 2.07. The van der Waals surface area contributed by atoms with Gasteiger partial charge in [-0.2, -0.15) is 0 Å². The second-order valence-electron chi connectivity index (χ2n) is 7.15. The Morgan fingerprint density at radius 3 is 2.70 bits per heavy atom. The molecule has 3 atom stereocenters. The number of amides is 1. The summed E-state index contributed by atoms with van der Waals surface area (Å²) in [5.41, 5.74) is -0.198. The minimum absolute atomic E-state index is 0.0236. The fraction of sp³-hybridized carbons (Fsp3) is 0.588. The lowest BCUT2D eigenvalue weighted by Crippen LogP contribution is -2.63. The zero-order valence-corrected chi connectivity index (χ0v) is 13.3. The van der Waals surface area contributed by atoms with E-state index >= 15 is 0 Å². The monoisotopic (exact) mass is 326 g/mol. The number of rotatable bonds is 4. The van der Waals surface area contributed by atoms with Crippen LogP contribution in [0.4, 0.5) is 18.9 Å². The molecule has 6 heteroatoms. The first-order valence-corrected chi connectivity index (χ1v) is 7.99. The highest BCUT2D eigenvalue weighted by atomic mass is 19.2. The Kier molecular flexibility index (Phi) is 4.12. The third-order valence-corrected chi connectivity index (χ3v) is 5.55. The molecule has 0 aliphatic heterocycles. The van der Waals surface area contributed by atoms with Crippen molar-refractivity contribution in [2.45, 2.75) is 39.2 Å². The van der Waals surface area contributed by atoms with Crippen LogP contribution in [0.25, 0.3) is 0 Å². The summed E-state index contributed by atoms with van der Waals surface area (Å²) in [6.45, 7) is 4.42. The molecule has 0 radical (unpaired) electrons. The molecule has 0 heterocycles. The van der Waals surface area contributed by atoms with E-state index in [9.17, 15) is 18.0 Å². The van der Waals surface area contributed by atoms with E-state index in [1.54, 1.807) is 0 Å². The Hall–Kier alpha value is -1.56. The molecular formula is C17H21F3N2O. The van der Waals surface area contributed by atoms with E-state index in [2.05, 4.69) is 24.5 Å². The van der Waals surface area contributed by atoms with Crippen LogP contribution in [0.5, 0.6) is 0 Å². The third-order valence-electron chi connectivity index (χ3n) is 5.55. The molecule has 0 bridgehead atoms. The maximum absolute atomic E-state index is 13.5. The van der Waals surface area contributed by atoms with Gasteiger partial charge in [-0.3, -0.25) is 4.79 Å². The van der Waals surface area contributed by atoms with Crippen LogP contribution >= 0.6 is 0 Å². The second kappa shape index (κ2) is 5.82. The first kappa shape index (κ1) is 16.3. The summed E-state index contributed by atoms with van der Waals surface area (Å²) in [5.74, 6) is -3.40. The number of carbonyl (C=O) groups is 1. The Bertz CT molecular complexity index is 633. The molecule has 1 aromatic rings. The van der Waals surface area contributed by atoms with Crippen molar-refractivity contribution in [3.8, 4) is 0 Å². The minimum Gasteiger partial charge on any atom is -0.322 e. The van der Waals surface area contributed by atoms with E-state index in [0.29, 0.717) is 11.8 Å². The van der Waals surface area contributed by atoms with Crippen LogP contribution in [0, 0.1) is 34.7 Å². The maximum Gasteiger partial charge on any atom is 0.238 e. The van der Waals surface area contributed by atoms with Gasteiger partial charge in [-0.1, -0.05) is 20.3 Å².